The highest BCUT2D eigenvalue weighted by Crippen LogP contribution is 2.21. The highest BCUT2D eigenvalue weighted by atomic mass is 19.4. The van der Waals surface area contributed by atoms with E-state index in [1.54, 1.807) is 0 Å². The molecule has 3 nitrogen and oxygen atoms in total. The minimum Gasteiger partial charge on any atom is -0.462 e. The van der Waals surface area contributed by atoms with E-state index in [0.29, 0.717) is 0 Å². The zero-order valence-corrected chi connectivity index (χ0v) is 9.47. The van der Waals surface area contributed by atoms with E-state index in [-0.39, 0.29) is 16.8 Å². The van der Waals surface area contributed by atoms with E-state index >= 15 is 0 Å². The van der Waals surface area contributed by atoms with Gasteiger partial charge in [-0.1, -0.05) is 0 Å². The van der Waals surface area contributed by atoms with Gasteiger partial charge >= 0.3 is 12.1 Å². The second-order valence-electron chi connectivity index (χ2n) is 3.67. The first-order chi connectivity index (χ1) is 8.20. The molecular formula is C11H11F4NO2. The van der Waals surface area contributed by atoms with E-state index in [1.165, 1.54) is 6.92 Å². The Kier molecular flexibility index (Phi) is 4.15. The van der Waals surface area contributed by atoms with Gasteiger partial charge in [-0.2, -0.15) is 13.2 Å². The van der Waals surface area contributed by atoms with Gasteiger partial charge in [0, 0.05) is 11.3 Å². The Hall–Kier alpha value is -1.79. The summed E-state index contributed by atoms with van der Waals surface area (Å²) in [4.78, 5) is 11.3. The summed E-state index contributed by atoms with van der Waals surface area (Å²) < 4.78 is 53.1. The van der Waals surface area contributed by atoms with E-state index in [4.69, 9.17) is 5.73 Å². The van der Waals surface area contributed by atoms with Crippen molar-refractivity contribution in [1.29, 1.82) is 0 Å². The van der Waals surface area contributed by atoms with Gasteiger partial charge in [-0.3, -0.25) is 0 Å². The minimum absolute atomic E-state index is 0.0396. The van der Waals surface area contributed by atoms with Crippen LogP contribution in [-0.2, 0) is 4.74 Å². The first-order valence-electron chi connectivity index (χ1n) is 5.00. The van der Waals surface area contributed by atoms with Crippen LogP contribution in [0.5, 0.6) is 0 Å². The second-order valence-corrected chi connectivity index (χ2v) is 3.67. The van der Waals surface area contributed by atoms with Gasteiger partial charge in [-0.15, -0.1) is 0 Å². The van der Waals surface area contributed by atoms with Crippen LogP contribution in [0.2, 0.25) is 0 Å². The lowest BCUT2D eigenvalue weighted by Crippen LogP contribution is -2.15. The van der Waals surface area contributed by atoms with Crippen LogP contribution in [0.4, 0.5) is 23.2 Å². The molecule has 2 N–H and O–H groups in total. The molecule has 1 rings (SSSR count). The van der Waals surface area contributed by atoms with Crippen LogP contribution in [0.15, 0.2) is 12.1 Å². The van der Waals surface area contributed by atoms with Crippen LogP contribution in [0, 0.1) is 12.7 Å². The van der Waals surface area contributed by atoms with E-state index in [9.17, 15) is 22.4 Å². The zero-order valence-electron chi connectivity index (χ0n) is 9.47. The van der Waals surface area contributed by atoms with Crippen LogP contribution in [0.25, 0.3) is 0 Å². The molecule has 1 aromatic carbocycles. The number of nitrogen functional groups attached to an aromatic ring is 1. The van der Waals surface area contributed by atoms with Crippen LogP contribution >= 0.6 is 0 Å². The first-order valence-corrected chi connectivity index (χ1v) is 5.00. The summed E-state index contributed by atoms with van der Waals surface area (Å²) in [6.45, 7) is 0.612. The highest BCUT2D eigenvalue weighted by Gasteiger charge is 2.27. The van der Waals surface area contributed by atoms with Crippen LogP contribution in [0.1, 0.15) is 22.3 Å². The molecule has 7 heteroatoms. The predicted octanol–water partition coefficient (Wildman–Crippen LogP) is 2.83. The van der Waals surface area contributed by atoms with Crippen molar-refractivity contribution in [3.05, 3.63) is 29.1 Å². The van der Waals surface area contributed by atoms with Crippen LogP contribution < -0.4 is 5.73 Å². The van der Waals surface area contributed by atoms with Gasteiger partial charge in [0.1, 0.15) is 12.4 Å². The fourth-order valence-electron chi connectivity index (χ4n) is 1.16. The van der Waals surface area contributed by atoms with Crippen molar-refractivity contribution in [3.8, 4) is 0 Å². The Morgan fingerprint density at radius 2 is 2.00 bits per heavy atom. The molecule has 0 aliphatic carbocycles. The van der Waals surface area contributed by atoms with Gasteiger partial charge in [-0.25, -0.2) is 9.18 Å². The molecule has 100 valence electrons. The van der Waals surface area contributed by atoms with Crippen LogP contribution in [-0.4, -0.2) is 18.8 Å². The number of esters is 1. The van der Waals surface area contributed by atoms with E-state index < -0.39 is 31.0 Å². The van der Waals surface area contributed by atoms with Gasteiger partial charge < -0.3 is 10.5 Å². The molecule has 0 aliphatic rings. The fourth-order valence-corrected chi connectivity index (χ4v) is 1.16. The predicted molar refractivity (Wildman–Crippen MR) is 56.5 cm³/mol. The van der Waals surface area contributed by atoms with Gasteiger partial charge in [-0.05, 0) is 19.1 Å². The number of rotatable bonds is 3. The molecule has 0 atom stereocenters. The number of carbonyl (C=O) groups is 1. The molecule has 0 saturated heterocycles. The molecule has 0 amide bonds. The number of benzene rings is 1. The van der Waals surface area contributed by atoms with Gasteiger partial charge in [0.2, 0.25) is 0 Å². The van der Waals surface area contributed by atoms with Gasteiger partial charge in [0.25, 0.3) is 0 Å². The van der Waals surface area contributed by atoms with Crippen molar-refractivity contribution in [3.63, 3.8) is 0 Å². The minimum atomic E-state index is -4.40. The number of halogens is 4. The van der Waals surface area contributed by atoms with Crippen molar-refractivity contribution in [1.82, 2.24) is 0 Å². The standard InChI is InChI=1S/C11H11F4NO2/c1-6-8(12)4-7(5-9(6)16)10(17)18-3-2-11(13,14)15/h4-5H,2-3,16H2,1H3. The smallest absolute Gasteiger partial charge is 0.392 e. The number of ether oxygens (including phenoxy) is 1. The monoisotopic (exact) mass is 265 g/mol. The average Bonchev–Trinajstić information content (AvgIpc) is 2.23. The maximum atomic E-state index is 13.2. The first kappa shape index (κ1) is 14.3. The summed E-state index contributed by atoms with van der Waals surface area (Å²) in [5, 5.41) is 0. The molecule has 0 unspecified atom stereocenters. The molecule has 0 spiro atoms. The molecule has 0 fully saturated rings. The van der Waals surface area contributed by atoms with E-state index in [2.05, 4.69) is 4.74 Å². The Morgan fingerprint density at radius 3 is 2.50 bits per heavy atom. The number of nitrogens with two attached hydrogens (primary N) is 1. The van der Waals surface area contributed by atoms with Crippen LogP contribution in [0.3, 0.4) is 0 Å². The quantitative estimate of drug-likeness (QED) is 0.519. The van der Waals surface area contributed by atoms with Crippen molar-refractivity contribution in [2.75, 3.05) is 12.3 Å². The average molecular weight is 265 g/mol. The number of anilines is 1. The molecule has 0 bridgehead atoms. The zero-order chi connectivity index (χ0) is 13.9. The maximum absolute atomic E-state index is 13.2. The summed E-state index contributed by atoms with van der Waals surface area (Å²) >= 11 is 0. The summed E-state index contributed by atoms with van der Waals surface area (Å²) in [5.41, 5.74) is 5.43. The SMILES string of the molecule is Cc1c(N)cc(C(=O)OCCC(F)(F)F)cc1F. The van der Waals surface area contributed by atoms with Crippen molar-refractivity contribution < 1.29 is 27.1 Å². The Morgan fingerprint density at radius 1 is 1.39 bits per heavy atom. The fraction of sp³-hybridized carbons (Fsp3) is 0.364. The summed E-state index contributed by atoms with van der Waals surface area (Å²) in [7, 11) is 0. The Bertz CT molecular complexity index is 434. The molecule has 0 radical (unpaired) electrons. The third-order valence-electron chi connectivity index (χ3n) is 2.24. The lowest BCUT2D eigenvalue weighted by Gasteiger charge is -2.09. The number of alkyl halides is 3. The summed E-state index contributed by atoms with van der Waals surface area (Å²) in [6.07, 6.45) is -5.65. The number of hydrogen-bond acceptors (Lipinski definition) is 3. The number of hydrogen-bond donors (Lipinski definition) is 1. The lowest BCUT2D eigenvalue weighted by molar-refractivity contribution is -0.141. The Balaban J connectivity index is 2.68. The van der Waals surface area contributed by atoms with Gasteiger partial charge in [0.05, 0.1) is 12.0 Å². The normalized spacial score (nSPS) is 11.4. The third kappa shape index (κ3) is 3.90. The molecule has 0 saturated carbocycles. The maximum Gasteiger partial charge on any atom is 0.392 e. The molecular weight excluding hydrogens is 254 g/mol. The Labute approximate surface area is 101 Å². The largest absolute Gasteiger partial charge is 0.462 e. The van der Waals surface area contributed by atoms with Crippen molar-refractivity contribution >= 4 is 11.7 Å². The second kappa shape index (κ2) is 5.24. The third-order valence-corrected chi connectivity index (χ3v) is 2.24. The molecule has 0 aliphatic heterocycles. The molecule has 0 aromatic heterocycles. The van der Waals surface area contributed by atoms with Crippen molar-refractivity contribution in [2.24, 2.45) is 0 Å². The molecule has 18 heavy (non-hydrogen) atoms. The van der Waals surface area contributed by atoms with E-state index in [1.807, 2.05) is 0 Å². The summed E-state index contributed by atoms with van der Waals surface area (Å²) in [6, 6.07) is 2.04. The lowest BCUT2D eigenvalue weighted by atomic mass is 10.1. The molecule has 1 aromatic rings. The highest BCUT2D eigenvalue weighted by molar-refractivity contribution is 5.90. The van der Waals surface area contributed by atoms with E-state index in [0.717, 1.165) is 12.1 Å². The van der Waals surface area contributed by atoms with Crippen molar-refractivity contribution in [2.45, 2.75) is 19.5 Å². The molecule has 0 heterocycles. The topological polar surface area (TPSA) is 52.3 Å². The number of carbonyl (C=O) groups excluding carboxylic acids is 1. The van der Waals surface area contributed by atoms with Gasteiger partial charge in [0.15, 0.2) is 0 Å². The summed E-state index contributed by atoms with van der Waals surface area (Å²) in [5.74, 6) is -1.75.